The molecule has 0 saturated carbocycles. The lowest BCUT2D eigenvalue weighted by Crippen LogP contribution is -2.24. The minimum Gasteiger partial charge on any atom is -0.462 e. The van der Waals surface area contributed by atoms with E-state index in [4.69, 9.17) is 9.47 Å². The van der Waals surface area contributed by atoms with Crippen molar-refractivity contribution < 1.29 is 23.9 Å². The Morgan fingerprint density at radius 2 is 1.05 bits per heavy atom. The maximum atomic E-state index is 12.6. The fourth-order valence-electron chi connectivity index (χ4n) is 5.16. The van der Waals surface area contributed by atoms with E-state index in [2.05, 4.69) is 13.8 Å². The molecule has 1 atom stereocenters. The van der Waals surface area contributed by atoms with E-state index < -0.39 is 12.1 Å². The molecule has 234 valence electrons. The third-order valence-corrected chi connectivity index (χ3v) is 7.77. The third-order valence-electron chi connectivity index (χ3n) is 7.77. The first-order chi connectivity index (χ1) is 20.1. The first kappa shape index (κ1) is 36.9. The molecule has 0 aliphatic heterocycles. The molecule has 0 amide bonds. The van der Waals surface area contributed by atoms with Crippen molar-refractivity contribution >= 4 is 17.7 Å². The standard InChI is InChI=1S/C36H60O5/c1-3-5-7-9-11-13-14-16-18-20-25-29-35(38)41-33(28-24-19-17-15-12-10-8-6-4-2)30-36(39)40-31-34(37)32-26-22-21-23-27-32/h21-23,26-27,33H,3-20,24-25,28-31H2,1-2H3/t33-/m1/s1. The van der Waals surface area contributed by atoms with Gasteiger partial charge in [0.15, 0.2) is 12.4 Å². The van der Waals surface area contributed by atoms with Gasteiger partial charge in [0.2, 0.25) is 0 Å². The summed E-state index contributed by atoms with van der Waals surface area (Å²) in [6.07, 6.45) is 25.0. The zero-order valence-electron chi connectivity index (χ0n) is 26.5. The minimum absolute atomic E-state index is 0.00306. The van der Waals surface area contributed by atoms with Crippen LogP contribution in [-0.2, 0) is 19.1 Å². The van der Waals surface area contributed by atoms with Crippen molar-refractivity contribution in [1.29, 1.82) is 0 Å². The number of hydrogen-bond donors (Lipinski definition) is 0. The van der Waals surface area contributed by atoms with E-state index in [0.29, 0.717) is 18.4 Å². The van der Waals surface area contributed by atoms with Gasteiger partial charge in [-0.05, 0) is 19.3 Å². The van der Waals surface area contributed by atoms with E-state index in [1.807, 2.05) is 6.07 Å². The zero-order valence-corrected chi connectivity index (χ0v) is 26.5. The van der Waals surface area contributed by atoms with Crippen LogP contribution in [0.1, 0.15) is 172 Å². The minimum atomic E-state index is -0.488. The fraction of sp³-hybridized carbons (Fsp3) is 0.750. The lowest BCUT2D eigenvalue weighted by atomic mass is 10.0. The van der Waals surface area contributed by atoms with Crippen molar-refractivity contribution in [3.63, 3.8) is 0 Å². The molecule has 0 N–H and O–H groups in total. The van der Waals surface area contributed by atoms with E-state index in [1.54, 1.807) is 24.3 Å². The SMILES string of the molecule is CCCCCCCCCCCCCC(=O)O[C@H](CCCCCCCCCCC)CC(=O)OCC(=O)c1ccccc1. The normalized spacial score (nSPS) is 11.8. The number of ketones is 1. The van der Waals surface area contributed by atoms with Gasteiger partial charge in [0.1, 0.15) is 6.10 Å². The third kappa shape index (κ3) is 22.1. The number of rotatable bonds is 28. The van der Waals surface area contributed by atoms with Crippen molar-refractivity contribution in [1.82, 2.24) is 0 Å². The van der Waals surface area contributed by atoms with Crippen molar-refractivity contribution in [2.75, 3.05) is 6.61 Å². The maximum Gasteiger partial charge on any atom is 0.310 e. The predicted molar refractivity (Wildman–Crippen MR) is 169 cm³/mol. The highest BCUT2D eigenvalue weighted by molar-refractivity contribution is 5.97. The highest BCUT2D eigenvalue weighted by atomic mass is 16.6. The summed E-state index contributed by atoms with van der Waals surface area (Å²) in [7, 11) is 0. The Morgan fingerprint density at radius 3 is 1.56 bits per heavy atom. The molecule has 5 heteroatoms. The summed E-state index contributed by atoms with van der Waals surface area (Å²) >= 11 is 0. The summed E-state index contributed by atoms with van der Waals surface area (Å²) in [5, 5.41) is 0. The molecule has 0 spiro atoms. The predicted octanol–water partition coefficient (Wildman–Crippen LogP) is 10.3. The molecule has 0 heterocycles. The van der Waals surface area contributed by atoms with Crippen molar-refractivity contribution in [2.45, 2.75) is 168 Å². The summed E-state index contributed by atoms with van der Waals surface area (Å²) < 4.78 is 11.0. The van der Waals surface area contributed by atoms with E-state index >= 15 is 0 Å². The molecule has 1 aromatic rings. The van der Waals surface area contributed by atoms with Gasteiger partial charge in [0.05, 0.1) is 6.42 Å². The van der Waals surface area contributed by atoms with E-state index in [1.165, 1.54) is 96.3 Å². The highest BCUT2D eigenvalue weighted by Gasteiger charge is 2.20. The number of ether oxygens (including phenoxy) is 2. The molecule has 0 unspecified atom stereocenters. The van der Waals surface area contributed by atoms with Gasteiger partial charge in [-0.25, -0.2) is 0 Å². The number of Topliss-reactive ketones (excluding diaryl/α,β-unsaturated/α-hetero) is 1. The summed E-state index contributed by atoms with van der Waals surface area (Å²) in [5.41, 5.74) is 0.518. The van der Waals surface area contributed by atoms with Gasteiger partial charge >= 0.3 is 11.9 Å². The van der Waals surface area contributed by atoms with Gasteiger partial charge in [0.25, 0.3) is 0 Å². The van der Waals surface area contributed by atoms with Gasteiger partial charge in [0, 0.05) is 12.0 Å². The van der Waals surface area contributed by atoms with Crippen LogP contribution in [0.3, 0.4) is 0 Å². The Bertz CT molecular complexity index is 775. The van der Waals surface area contributed by atoms with E-state index in [-0.39, 0.29) is 24.8 Å². The average molecular weight is 573 g/mol. The number of carbonyl (C=O) groups excluding carboxylic acids is 3. The van der Waals surface area contributed by atoms with Crippen LogP contribution in [0.5, 0.6) is 0 Å². The lowest BCUT2D eigenvalue weighted by Gasteiger charge is -2.17. The Labute approximate surface area is 251 Å². The average Bonchev–Trinajstić information content (AvgIpc) is 2.98. The summed E-state index contributed by atoms with van der Waals surface area (Å²) in [6, 6.07) is 8.82. The van der Waals surface area contributed by atoms with Crippen LogP contribution < -0.4 is 0 Å². The smallest absolute Gasteiger partial charge is 0.310 e. The Hall–Kier alpha value is -2.17. The molecular formula is C36H60O5. The molecule has 0 bridgehead atoms. The fourth-order valence-corrected chi connectivity index (χ4v) is 5.16. The van der Waals surface area contributed by atoms with Gasteiger partial charge in [-0.2, -0.15) is 0 Å². The van der Waals surface area contributed by atoms with Gasteiger partial charge in [-0.3, -0.25) is 14.4 Å². The highest BCUT2D eigenvalue weighted by Crippen LogP contribution is 2.17. The molecule has 0 radical (unpaired) electrons. The Kier molecular flexibility index (Phi) is 24.0. The van der Waals surface area contributed by atoms with Crippen molar-refractivity contribution in [2.24, 2.45) is 0 Å². The first-order valence-corrected chi connectivity index (χ1v) is 17.0. The van der Waals surface area contributed by atoms with Crippen LogP contribution in [0.2, 0.25) is 0 Å². The monoisotopic (exact) mass is 572 g/mol. The molecule has 5 nitrogen and oxygen atoms in total. The van der Waals surface area contributed by atoms with E-state index in [0.717, 1.165) is 32.1 Å². The van der Waals surface area contributed by atoms with Crippen molar-refractivity contribution in [3.8, 4) is 0 Å². The number of carbonyl (C=O) groups is 3. The Balaban J connectivity index is 2.33. The van der Waals surface area contributed by atoms with Crippen LogP contribution in [0.4, 0.5) is 0 Å². The second kappa shape index (κ2) is 26.7. The van der Waals surface area contributed by atoms with Crippen molar-refractivity contribution in [3.05, 3.63) is 35.9 Å². The summed E-state index contributed by atoms with van der Waals surface area (Å²) in [4.78, 5) is 37.4. The first-order valence-electron chi connectivity index (χ1n) is 17.0. The molecule has 0 aromatic heterocycles. The molecule has 0 fully saturated rings. The molecule has 0 aliphatic rings. The molecule has 1 rings (SSSR count). The van der Waals surface area contributed by atoms with Crippen LogP contribution in [0.25, 0.3) is 0 Å². The largest absolute Gasteiger partial charge is 0.462 e. The van der Waals surface area contributed by atoms with Gasteiger partial charge in [-0.15, -0.1) is 0 Å². The maximum absolute atomic E-state index is 12.6. The number of esters is 2. The summed E-state index contributed by atoms with van der Waals surface area (Å²) in [5.74, 6) is -0.948. The van der Waals surface area contributed by atoms with Crippen LogP contribution in [-0.4, -0.2) is 30.4 Å². The quantitative estimate of drug-likeness (QED) is 0.0567. The number of unbranched alkanes of at least 4 members (excludes halogenated alkanes) is 18. The molecular weight excluding hydrogens is 512 g/mol. The zero-order chi connectivity index (χ0) is 29.8. The number of hydrogen-bond acceptors (Lipinski definition) is 5. The van der Waals surface area contributed by atoms with Gasteiger partial charge in [-0.1, -0.05) is 160 Å². The van der Waals surface area contributed by atoms with Gasteiger partial charge < -0.3 is 9.47 Å². The van der Waals surface area contributed by atoms with Crippen LogP contribution in [0, 0.1) is 0 Å². The Morgan fingerprint density at radius 1 is 0.585 bits per heavy atom. The topological polar surface area (TPSA) is 69.7 Å². The second-order valence-corrected chi connectivity index (χ2v) is 11.7. The van der Waals surface area contributed by atoms with Crippen LogP contribution >= 0.6 is 0 Å². The van der Waals surface area contributed by atoms with Crippen LogP contribution in [0.15, 0.2) is 30.3 Å². The number of benzene rings is 1. The molecule has 0 saturated heterocycles. The lowest BCUT2D eigenvalue weighted by molar-refractivity contribution is -0.155. The molecule has 0 aliphatic carbocycles. The molecule has 41 heavy (non-hydrogen) atoms. The second-order valence-electron chi connectivity index (χ2n) is 11.7. The van der Waals surface area contributed by atoms with E-state index in [9.17, 15) is 14.4 Å². The molecule has 1 aromatic carbocycles. The summed E-state index contributed by atoms with van der Waals surface area (Å²) in [6.45, 7) is 4.19.